The molecule has 2 aromatic heterocycles. The second kappa shape index (κ2) is 5.73. The molecule has 11 heteroatoms. The Labute approximate surface area is 124 Å². The van der Waals surface area contributed by atoms with E-state index < -0.39 is 24.5 Å². The van der Waals surface area contributed by atoms with E-state index in [1.165, 1.54) is 17.2 Å². The number of nitrogens with zero attached hydrogens (tertiary/aromatic N) is 7. The van der Waals surface area contributed by atoms with Gasteiger partial charge in [0.1, 0.15) is 17.9 Å². The number of azide groups is 1. The molecule has 11 nitrogen and oxygen atoms in total. The summed E-state index contributed by atoms with van der Waals surface area (Å²) < 4.78 is 7.12. The first-order valence-electron chi connectivity index (χ1n) is 6.55. The predicted octanol–water partition coefficient (Wildman–Crippen LogP) is -0.203. The molecule has 4 atom stereocenters. The standard InChI is InChI=1S/C11H14N8O3/c1-13-9-7-10(15-3-14-9)19(4-16-7)11-8(21)6(17-18-12)5(2-20)22-11/h3-6,8,11,20-21H,2H2,1H3,(H,13,14,15)/t5-,6?,8+,11-/m1/s1. The van der Waals surface area contributed by atoms with Gasteiger partial charge in [0.25, 0.3) is 0 Å². The van der Waals surface area contributed by atoms with Crippen LogP contribution in [0.2, 0.25) is 0 Å². The van der Waals surface area contributed by atoms with Crippen LogP contribution < -0.4 is 5.32 Å². The number of rotatable bonds is 4. The van der Waals surface area contributed by atoms with Gasteiger partial charge in [-0.05, 0) is 5.53 Å². The Morgan fingerprint density at radius 1 is 1.50 bits per heavy atom. The molecule has 2 aromatic rings. The molecule has 1 aliphatic heterocycles. The molecule has 1 fully saturated rings. The molecule has 1 unspecified atom stereocenters. The van der Waals surface area contributed by atoms with Gasteiger partial charge in [-0.25, -0.2) is 15.0 Å². The van der Waals surface area contributed by atoms with Gasteiger partial charge in [-0.3, -0.25) is 4.57 Å². The Morgan fingerprint density at radius 2 is 2.32 bits per heavy atom. The minimum atomic E-state index is -1.13. The van der Waals surface area contributed by atoms with Gasteiger partial charge in [-0.1, -0.05) is 5.11 Å². The first kappa shape index (κ1) is 14.5. The summed E-state index contributed by atoms with van der Waals surface area (Å²) in [5.41, 5.74) is 9.56. The molecule has 116 valence electrons. The maximum Gasteiger partial charge on any atom is 0.167 e. The van der Waals surface area contributed by atoms with E-state index in [9.17, 15) is 10.2 Å². The fourth-order valence-corrected chi connectivity index (χ4v) is 2.53. The molecule has 0 aliphatic carbocycles. The van der Waals surface area contributed by atoms with Crippen LogP contribution in [0, 0.1) is 0 Å². The molecule has 0 bridgehead atoms. The quantitative estimate of drug-likeness (QED) is 0.401. The molecule has 0 saturated carbocycles. The van der Waals surface area contributed by atoms with E-state index >= 15 is 0 Å². The average molecular weight is 306 g/mol. The third kappa shape index (κ3) is 2.12. The number of ether oxygens (including phenoxy) is 1. The van der Waals surface area contributed by atoms with Crippen molar-refractivity contribution in [1.29, 1.82) is 0 Å². The third-order valence-corrected chi connectivity index (χ3v) is 3.57. The Balaban J connectivity index is 2.03. The molecule has 0 spiro atoms. The van der Waals surface area contributed by atoms with Crippen LogP contribution in [0.4, 0.5) is 5.82 Å². The van der Waals surface area contributed by atoms with Crippen molar-refractivity contribution >= 4 is 17.0 Å². The van der Waals surface area contributed by atoms with E-state index in [0.717, 1.165) is 0 Å². The maximum absolute atomic E-state index is 10.3. The zero-order chi connectivity index (χ0) is 15.7. The number of hydrogen-bond acceptors (Lipinski definition) is 8. The smallest absolute Gasteiger partial charge is 0.167 e. The lowest BCUT2D eigenvalue weighted by Crippen LogP contribution is -2.31. The zero-order valence-corrected chi connectivity index (χ0v) is 11.6. The number of imidazole rings is 1. The Hall–Kier alpha value is -2.46. The van der Waals surface area contributed by atoms with Crippen LogP contribution in [0.1, 0.15) is 6.23 Å². The SMILES string of the molecule is CNc1ncnc2c1ncn2[C@@H]1O[C@H](CO)C(N=[N+]=[N-])[C@@H]1O. The summed E-state index contributed by atoms with van der Waals surface area (Å²) in [6.45, 7) is -0.374. The first-order valence-corrected chi connectivity index (χ1v) is 6.55. The van der Waals surface area contributed by atoms with Crippen molar-refractivity contribution < 1.29 is 14.9 Å². The third-order valence-electron chi connectivity index (χ3n) is 3.57. The van der Waals surface area contributed by atoms with Crippen molar-refractivity contribution in [2.45, 2.75) is 24.5 Å². The predicted molar refractivity (Wildman–Crippen MR) is 74.8 cm³/mol. The van der Waals surface area contributed by atoms with Gasteiger partial charge in [0.05, 0.1) is 25.1 Å². The van der Waals surface area contributed by atoms with Crippen molar-refractivity contribution in [1.82, 2.24) is 19.5 Å². The van der Waals surface area contributed by atoms with Gasteiger partial charge in [-0.15, -0.1) is 0 Å². The highest BCUT2D eigenvalue weighted by Crippen LogP contribution is 2.33. The number of anilines is 1. The van der Waals surface area contributed by atoms with Crippen molar-refractivity contribution in [2.75, 3.05) is 19.0 Å². The van der Waals surface area contributed by atoms with Crippen LogP contribution >= 0.6 is 0 Å². The van der Waals surface area contributed by atoms with Crippen molar-refractivity contribution in [3.05, 3.63) is 23.1 Å². The molecule has 3 rings (SSSR count). The molecule has 0 aromatic carbocycles. The van der Waals surface area contributed by atoms with Gasteiger partial charge >= 0.3 is 0 Å². The summed E-state index contributed by atoms with van der Waals surface area (Å²) in [4.78, 5) is 15.1. The van der Waals surface area contributed by atoms with E-state index in [4.69, 9.17) is 10.3 Å². The highest BCUT2D eigenvalue weighted by atomic mass is 16.5. The summed E-state index contributed by atoms with van der Waals surface area (Å²) in [6.07, 6.45) is 0.0398. The molecule has 3 heterocycles. The second-order valence-electron chi connectivity index (χ2n) is 4.73. The summed E-state index contributed by atoms with van der Waals surface area (Å²) >= 11 is 0. The number of aliphatic hydroxyl groups is 2. The molecule has 1 aliphatic rings. The van der Waals surface area contributed by atoms with Gasteiger partial charge in [0.2, 0.25) is 0 Å². The van der Waals surface area contributed by atoms with Crippen LogP contribution in [-0.4, -0.2) is 61.6 Å². The maximum atomic E-state index is 10.3. The van der Waals surface area contributed by atoms with E-state index in [1.807, 2.05) is 0 Å². The largest absolute Gasteiger partial charge is 0.394 e. The number of nitrogens with one attached hydrogen (secondary N) is 1. The van der Waals surface area contributed by atoms with Crippen LogP contribution in [0.15, 0.2) is 17.8 Å². The number of aromatic nitrogens is 4. The minimum Gasteiger partial charge on any atom is -0.394 e. The van der Waals surface area contributed by atoms with Crippen LogP contribution in [0.3, 0.4) is 0 Å². The van der Waals surface area contributed by atoms with E-state index in [2.05, 4.69) is 30.3 Å². The summed E-state index contributed by atoms with van der Waals surface area (Å²) in [7, 11) is 1.71. The lowest BCUT2D eigenvalue weighted by molar-refractivity contribution is -0.0488. The molecule has 1 saturated heterocycles. The van der Waals surface area contributed by atoms with Crippen molar-refractivity contribution in [2.24, 2.45) is 5.11 Å². The molecule has 3 N–H and O–H groups in total. The van der Waals surface area contributed by atoms with E-state index in [0.29, 0.717) is 17.0 Å². The Kier molecular flexibility index (Phi) is 3.77. The van der Waals surface area contributed by atoms with Crippen LogP contribution in [-0.2, 0) is 4.74 Å². The molecule has 22 heavy (non-hydrogen) atoms. The van der Waals surface area contributed by atoms with Crippen molar-refractivity contribution in [3.8, 4) is 0 Å². The van der Waals surface area contributed by atoms with Crippen molar-refractivity contribution in [3.63, 3.8) is 0 Å². The van der Waals surface area contributed by atoms with Gasteiger partial charge < -0.3 is 20.3 Å². The Bertz CT molecular complexity index is 727. The second-order valence-corrected chi connectivity index (χ2v) is 4.73. The highest BCUT2D eigenvalue weighted by Gasteiger charge is 2.44. The molecule has 0 radical (unpaired) electrons. The van der Waals surface area contributed by atoms with E-state index in [-0.39, 0.29) is 6.61 Å². The average Bonchev–Trinajstić information content (AvgIpc) is 3.09. The molecular weight excluding hydrogens is 292 g/mol. The summed E-state index contributed by atoms with van der Waals surface area (Å²) in [5, 5.41) is 26.0. The Morgan fingerprint density at radius 3 is 3.00 bits per heavy atom. The van der Waals surface area contributed by atoms with Gasteiger partial charge in [0.15, 0.2) is 17.7 Å². The minimum absolute atomic E-state index is 0.374. The summed E-state index contributed by atoms with van der Waals surface area (Å²) in [6, 6.07) is -0.886. The number of hydrogen-bond donors (Lipinski definition) is 3. The highest BCUT2D eigenvalue weighted by molar-refractivity contribution is 5.82. The van der Waals surface area contributed by atoms with Crippen LogP contribution in [0.5, 0.6) is 0 Å². The first-order chi connectivity index (χ1) is 10.7. The topological polar surface area (TPSA) is 154 Å². The normalized spacial score (nSPS) is 27.8. The monoisotopic (exact) mass is 306 g/mol. The fraction of sp³-hybridized carbons (Fsp3) is 0.545. The summed E-state index contributed by atoms with van der Waals surface area (Å²) in [5.74, 6) is 0.543. The van der Waals surface area contributed by atoms with E-state index in [1.54, 1.807) is 7.05 Å². The van der Waals surface area contributed by atoms with Gasteiger partial charge in [0, 0.05) is 12.0 Å². The number of fused-ring (bicyclic) bond motifs is 1. The lowest BCUT2D eigenvalue weighted by Gasteiger charge is -2.16. The molecule has 0 amide bonds. The lowest BCUT2D eigenvalue weighted by atomic mass is 10.1. The zero-order valence-electron chi connectivity index (χ0n) is 11.6. The van der Waals surface area contributed by atoms with Crippen LogP contribution in [0.25, 0.3) is 21.6 Å². The number of aliphatic hydroxyl groups excluding tert-OH is 2. The van der Waals surface area contributed by atoms with Gasteiger partial charge in [-0.2, -0.15) is 0 Å². The fourth-order valence-electron chi connectivity index (χ4n) is 2.53. The molecular formula is C11H14N8O3.